The quantitative estimate of drug-likeness (QED) is 0.683. The lowest BCUT2D eigenvalue weighted by atomic mass is 10.3. The Morgan fingerprint density at radius 3 is 2.36 bits per heavy atom. The Morgan fingerprint density at radius 2 is 1.73 bits per heavy atom. The van der Waals surface area contributed by atoms with Gasteiger partial charge in [0.2, 0.25) is 0 Å². The Bertz CT molecular complexity index is 737. The summed E-state index contributed by atoms with van der Waals surface area (Å²) in [5.41, 5.74) is 2.04. The Balaban J connectivity index is 1.79. The maximum atomic E-state index is 10.2. The number of ether oxygens (including phenoxy) is 1. The fraction of sp³-hybridized carbons (Fsp3) is 0.250. The maximum absolute atomic E-state index is 10.2. The van der Waals surface area contributed by atoms with E-state index in [1.165, 1.54) is 4.80 Å². The van der Waals surface area contributed by atoms with E-state index in [2.05, 4.69) is 10.2 Å². The maximum Gasteiger partial charge on any atom is 0.146 e. The molecule has 0 aliphatic heterocycles. The van der Waals surface area contributed by atoms with Gasteiger partial charge in [0.15, 0.2) is 0 Å². The number of aliphatic hydroxyl groups is 1. The highest BCUT2D eigenvalue weighted by atomic mass is 16.5. The van der Waals surface area contributed by atoms with Crippen LogP contribution in [0.5, 0.6) is 11.5 Å². The Kier molecular flexibility index (Phi) is 4.20. The van der Waals surface area contributed by atoms with Crippen molar-refractivity contribution in [1.29, 1.82) is 0 Å². The van der Waals surface area contributed by atoms with E-state index in [1.807, 2.05) is 24.3 Å². The van der Waals surface area contributed by atoms with Crippen LogP contribution in [0.3, 0.4) is 0 Å². The fourth-order valence-corrected chi connectivity index (χ4v) is 2.13. The third kappa shape index (κ3) is 3.01. The molecule has 0 saturated heterocycles. The lowest BCUT2D eigenvalue weighted by Gasteiger charge is -2.08. The molecule has 0 fully saturated rings. The second kappa shape index (κ2) is 6.44. The number of fused-ring (bicyclic) bond motifs is 1. The van der Waals surface area contributed by atoms with Crippen LogP contribution >= 0.6 is 0 Å². The van der Waals surface area contributed by atoms with E-state index in [4.69, 9.17) is 9.84 Å². The lowest BCUT2D eigenvalue weighted by Crippen LogP contribution is -2.01. The monoisotopic (exact) mass is 299 g/mol. The number of unbranched alkanes of at least 4 members (excludes halogenated alkanes) is 1. The number of hydrogen-bond donors (Lipinski definition) is 2. The van der Waals surface area contributed by atoms with Crippen molar-refractivity contribution >= 4 is 11.0 Å². The summed E-state index contributed by atoms with van der Waals surface area (Å²) in [6.45, 7) is 0.662. The van der Waals surface area contributed by atoms with Crippen LogP contribution in [0.1, 0.15) is 12.8 Å². The molecule has 0 atom stereocenters. The van der Waals surface area contributed by atoms with Gasteiger partial charge in [0.25, 0.3) is 0 Å². The average Bonchev–Trinajstić information content (AvgIpc) is 2.95. The summed E-state index contributed by atoms with van der Waals surface area (Å²) >= 11 is 0. The number of benzene rings is 2. The third-order valence-electron chi connectivity index (χ3n) is 3.27. The highest BCUT2D eigenvalue weighted by Gasteiger charge is 2.09. The van der Waals surface area contributed by atoms with E-state index in [1.54, 1.807) is 18.2 Å². The minimum absolute atomic E-state index is 0.0555. The van der Waals surface area contributed by atoms with Crippen molar-refractivity contribution in [1.82, 2.24) is 15.0 Å². The third-order valence-corrected chi connectivity index (χ3v) is 3.27. The van der Waals surface area contributed by atoms with Gasteiger partial charge in [-0.3, -0.25) is 0 Å². The van der Waals surface area contributed by atoms with E-state index < -0.39 is 0 Å². The van der Waals surface area contributed by atoms with E-state index in [0.717, 1.165) is 17.5 Å². The highest BCUT2D eigenvalue weighted by molar-refractivity contribution is 5.73. The summed E-state index contributed by atoms with van der Waals surface area (Å²) in [5, 5.41) is 27.5. The zero-order valence-electron chi connectivity index (χ0n) is 12.0. The summed E-state index contributed by atoms with van der Waals surface area (Å²) < 4.78 is 5.52. The van der Waals surface area contributed by atoms with Crippen LogP contribution in [0.15, 0.2) is 42.5 Å². The zero-order valence-corrected chi connectivity index (χ0v) is 12.0. The molecular formula is C16H17N3O3. The normalized spacial score (nSPS) is 11.0. The Hall–Kier alpha value is -2.60. The van der Waals surface area contributed by atoms with E-state index in [0.29, 0.717) is 24.5 Å². The molecule has 0 bridgehead atoms. The van der Waals surface area contributed by atoms with Gasteiger partial charge in [-0.1, -0.05) is 12.1 Å². The largest absolute Gasteiger partial charge is 0.505 e. The molecule has 2 aromatic carbocycles. The van der Waals surface area contributed by atoms with Crippen molar-refractivity contribution in [2.75, 3.05) is 13.2 Å². The van der Waals surface area contributed by atoms with Crippen molar-refractivity contribution in [2.24, 2.45) is 0 Å². The van der Waals surface area contributed by atoms with Gasteiger partial charge >= 0.3 is 0 Å². The number of aliphatic hydroxyl groups excluding tert-OH is 1. The van der Waals surface area contributed by atoms with E-state index in [9.17, 15) is 5.11 Å². The molecule has 0 unspecified atom stereocenters. The van der Waals surface area contributed by atoms with Gasteiger partial charge in [0.1, 0.15) is 28.2 Å². The molecular weight excluding hydrogens is 282 g/mol. The van der Waals surface area contributed by atoms with Crippen LogP contribution in [0.25, 0.3) is 16.7 Å². The number of phenols is 1. The van der Waals surface area contributed by atoms with Gasteiger partial charge in [0, 0.05) is 12.7 Å². The molecule has 1 heterocycles. The molecule has 1 aromatic heterocycles. The summed E-state index contributed by atoms with van der Waals surface area (Å²) in [5.74, 6) is 0.635. The van der Waals surface area contributed by atoms with E-state index in [-0.39, 0.29) is 12.4 Å². The van der Waals surface area contributed by atoms with Gasteiger partial charge < -0.3 is 14.9 Å². The van der Waals surface area contributed by atoms with Gasteiger partial charge in [0.05, 0.1) is 6.61 Å². The molecule has 0 aliphatic rings. The lowest BCUT2D eigenvalue weighted by molar-refractivity contribution is 0.252. The molecule has 3 rings (SSSR count). The van der Waals surface area contributed by atoms with Crippen LogP contribution in [-0.4, -0.2) is 38.4 Å². The predicted octanol–water partition coefficient (Wildman–Crippen LogP) is 2.28. The number of aromatic hydroxyl groups is 1. The summed E-state index contributed by atoms with van der Waals surface area (Å²) in [7, 11) is 0. The molecule has 114 valence electrons. The molecule has 0 amide bonds. The van der Waals surface area contributed by atoms with Crippen LogP contribution in [0, 0.1) is 0 Å². The number of nitrogens with zero attached hydrogens (tertiary/aromatic N) is 3. The first-order valence-electron chi connectivity index (χ1n) is 7.17. The minimum atomic E-state index is 0.0555. The molecule has 6 heteroatoms. The molecule has 0 radical (unpaired) electrons. The number of hydrogen-bond acceptors (Lipinski definition) is 5. The second-order valence-electron chi connectivity index (χ2n) is 4.91. The first-order chi connectivity index (χ1) is 10.8. The number of phenolic OH excluding ortho intramolecular Hbond substituents is 1. The Morgan fingerprint density at radius 1 is 1.00 bits per heavy atom. The highest BCUT2D eigenvalue weighted by Crippen LogP contribution is 2.26. The van der Waals surface area contributed by atoms with Gasteiger partial charge in [-0.2, -0.15) is 0 Å². The van der Waals surface area contributed by atoms with Gasteiger partial charge in [-0.05, 0) is 37.1 Å². The molecule has 6 nitrogen and oxygen atoms in total. The second-order valence-corrected chi connectivity index (χ2v) is 4.91. The molecule has 0 spiro atoms. The van der Waals surface area contributed by atoms with Crippen LogP contribution in [-0.2, 0) is 0 Å². The summed E-state index contributed by atoms with van der Waals surface area (Å²) in [4.78, 5) is 1.41. The molecule has 0 aliphatic carbocycles. The van der Waals surface area contributed by atoms with Crippen molar-refractivity contribution in [2.45, 2.75) is 12.8 Å². The summed E-state index contributed by atoms with van der Waals surface area (Å²) in [6, 6.07) is 12.6. The van der Waals surface area contributed by atoms with Crippen molar-refractivity contribution in [3.05, 3.63) is 42.5 Å². The summed E-state index contributed by atoms with van der Waals surface area (Å²) in [6.07, 6.45) is 1.47. The van der Waals surface area contributed by atoms with Crippen molar-refractivity contribution in [3.8, 4) is 17.2 Å². The molecule has 0 saturated carbocycles. The average molecular weight is 299 g/mol. The zero-order chi connectivity index (χ0) is 15.4. The fourth-order valence-electron chi connectivity index (χ4n) is 2.13. The molecule has 2 N–H and O–H groups in total. The first kappa shape index (κ1) is 14.3. The molecule has 3 aromatic rings. The van der Waals surface area contributed by atoms with Crippen LogP contribution in [0.4, 0.5) is 0 Å². The van der Waals surface area contributed by atoms with Gasteiger partial charge in [-0.25, -0.2) is 0 Å². The topological polar surface area (TPSA) is 80.4 Å². The number of rotatable bonds is 6. The predicted molar refractivity (Wildman–Crippen MR) is 82.3 cm³/mol. The molecule has 22 heavy (non-hydrogen) atoms. The van der Waals surface area contributed by atoms with Crippen LogP contribution in [0.2, 0.25) is 0 Å². The first-order valence-corrected chi connectivity index (χ1v) is 7.17. The Labute approximate surface area is 127 Å². The number of aromatic nitrogens is 3. The van der Waals surface area contributed by atoms with Crippen molar-refractivity contribution < 1.29 is 14.9 Å². The van der Waals surface area contributed by atoms with Crippen molar-refractivity contribution in [3.63, 3.8) is 0 Å². The minimum Gasteiger partial charge on any atom is -0.505 e. The smallest absolute Gasteiger partial charge is 0.146 e. The van der Waals surface area contributed by atoms with Gasteiger partial charge in [-0.15, -0.1) is 15.0 Å². The van der Waals surface area contributed by atoms with Crippen LogP contribution < -0.4 is 4.74 Å². The standard InChI is InChI=1S/C16H17N3O3/c20-9-3-4-10-22-12-7-8-15(16(21)11-12)19-17-13-5-1-2-6-14(13)18-19/h1-2,5-8,11,20-21H,3-4,9-10H2. The SMILES string of the molecule is OCCCCOc1ccc(-n2nc3ccccc3n2)c(O)c1. The van der Waals surface area contributed by atoms with E-state index >= 15 is 0 Å².